The van der Waals surface area contributed by atoms with E-state index in [0.717, 1.165) is 28.8 Å². The lowest BCUT2D eigenvalue weighted by Crippen LogP contribution is -2.23. The molecular formula is C20H22N4O3S. The van der Waals surface area contributed by atoms with Gasteiger partial charge in [-0.25, -0.2) is 4.98 Å². The largest absolute Gasteiger partial charge is 0.431 e. The van der Waals surface area contributed by atoms with Gasteiger partial charge < -0.3 is 19.9 Å². The molecule has 2 aromatic heterocycles. The van der Waals surface area contributed by atoms with Crippen molar-refractivity contribution in [3.63, 3.8) is 0 Å². The lowest BCUT2D eigenvalue weighted by atomic mass is 10.2. The minimum Gasteiger partial charge on any atom is -0.431 e. The molecule has 0 spiro atoms. The van der Waals surface area contributed by atoms with Crippen molar-refractivity contribution in [2.24, 2.45) is 5.92 Å². The number of benzene rings is 1. The van der Waals surface area contributed by atoms with Gasteiger partial charge >= 0.3 is 0 Å². The van der Waals surface area contributed by atoms with Gasteiger partial charge in [-0.1, -0.05) is 22.6 Å². The predicted molar refractivity (Wildman–Crippen MR) is 108 cm³/mol. The molecule has 28 heavy (non-hydrogen) atoms. The van der Waals surface area contributed by atoms with Gasteiger partial charge in [-0.15, -0.1) is 0 Å². The van der Waals surface area contributed by atoms with E-state index in [9.17, 15) is 4.79 Å². The monoisotopic (exact) mass is 398 g/mol. The molecule has 1 fully saturated rings. The van der Waals surface area contributed by atoms with E-state index in [4.69, 9.17) is 9.26 Å². The zero-order chi connectivity index (χ0) is 19.5. The molecule has 4 rings (SSSR count). The third-order valence-electron chi connectivity index (χ3n) is 4.44. The molecule has 1 aliphatic rings. The fourth-order valence-electron chi connectivity index (χ4n) is 2.76. The van der Waals surface area contributed by atoms with E-state index in [1.54, 1.807) is 12.3 Å². The summed E-state index contributed by atoms with van der Waals surface area (Å²) < 4.78 is 11.2. The number of hydrogen-bond acceptors (Lipinski definition) is 7. The van der Waals surface area contributed by atoms with E-state index in [-0.39, 0.29) is 11.9 Å². The fraction of sp³-hybridized carbons (Fsp3) is 0.350. The molecule has 1 aromatic carbocycles. The standard InChI is InChI=1S/C20H22N4O3S/c1-12(23-13(2)25)18-9-17(24-27-18)19-11-22-20(28-19)26-16-5-3-4-15(8-16)21-10-14-6-7-14/h3-5,8-9,11-12,14,21H,6-7,10H2,1-2H3,(H,23,25). The molecular weight excluding hydrogens is 376 g/mol. The van der Waals surface area contributed by atoms with Crippen LogP contribution in [0.2, 0.25) is 0 Å². The summed E-state index contributed by atoms with van der Waals surface area (Å²) in [6.45, 7) is 4.32. The number of carbonyl (C=O) groups excluding carboxylic acids is 1. The van der Waals surface area contributed by atoms with E-state index >= 15 is 0 Å². The molecule has 2 N–H and O–H groups in total. The molecule has 0 saturated heterocycles. The van der Waals surface area contributed by atoms with Gasteiger partial charge in [0.15, 0.2) is 5.76 Å². The quantitative estimate of drug-likeness (QED) is 0.576. The number of aromatic nitrogens is 2. The Morgan fingerprint density at radius 3 is 3.04 bits per heavy atom. The molecule has 8 heteroatoms. The Labute approximate surface area is 167 Å². The number of ether oxygens (including phenoxy) is 1. The van der Waals surface area contributed by atoms with Crippen molar-refractivity contribution in [3.05, 3.63) is 42.3 Å². The molecule has 2 heterocycles. The SMILES string of the molecule is CC(=O)NC(C)c1cc(-c2cnc(Oc3cccc(NCC4CC4)c3)s2)no1. The minimum atomic E-state index is -0.242. The normalized spacial score (nSPS) is 14.5. The van der Waals surface area contributed by atoms with E-state index in [2.05, 4.69) is 20.8 Å². The first-order valence-corrected chi connectivity index (χ1v) is 10.1. The Kier molecular flexibility index (Phi) is 5.29. The smallest absolute Gasteiger partial charge is 0.279 e. The van der Waals surface area contributed by atoms with Crippen molar-refractivity contribution in [3.8, 4) is 21.5 Å². The Bertz CT molecular complexity index is 964. The minimum absolute atomic E-state index is 0.118. The summed E-state index contributed by atoms with van der Waals surface area (Å²) in [4.78, 5) is 16.3. The highest BCUT2D eigenvalue weighted by molar-refractivity contribution is 7.16. The van der Waals surface area contributed by atoms with Crippen LogP contribution in [-0.2, 0) is 4.79 Å². The third-order valence-corrected chi connectivity index (χ3v) is 5.34. The molecule has 1 aliphatic carbocycles. The zero-order valence-corrected chi connectivity index (χ0v) is 16.6. The van der Waals surface area contributed by atoms with Crippen molar-refractivity contribution in [1.82, 2.24) is 15.5 Å². The van der Waals surface area contributed by atoms with Crippen LogP contribution in [0, 0.1) is 5.92 Å². The predicted octanol–water partition coefficient (Wildman–Crippen LogP) is 4.61. The van der Waals surface area contributed by atoms with Crippen molar-refractivity contribution in [2.75, 3.05) is 11.9 Å². The van der Waals surface area contributed by atoms with Crippen LogP contribution in [0.25, 0.3) is 10.6 Å². The summed E-state index contributed by atoms with van der Waals surface area (Å²) >= 11 is 1.39. The van der Waals surface area contributed by atoms with Gasteiger partial charge in [0.25, 0.3) is 5.19 Å². The number of nitrogens with one attached hydrogen (secondary N) is 2. The van der Waals surface area contributed by atoms with Crippen LogP contribution in [-0.4, -0.2) is 22.6 Å². The summed E-state index contributed by atoms with van der Waals surface area (Å²) in [7, 11) is 0. The second-order valence-electron chi connectivity index (χ2n) is 6.98. The molecule has 0 radical (unpaired) electrons. The van der Waals surface area contributed by atoms with Gasteiger partial charge in [0.05, 0.1) is 17.1 Å². The van der Waals surface area contributed by atoms with Gasteiger partial charge in [0, 0.05) is 31.3 Å². The van der Waals surface area contributed by atoms with Crippen molar-refractivity contribution >= 4 is 22.9 Å². The van der Waals surface area contributed by atoms with Gasteiger partial charge in [0.2, 0.25) is 5.91 Å². The van der Waals surface area contributed by atoms with Crippen molar-refractivity contribution < 1.29 is 14.1 Å². The number of rotatable bonds is 8. The summed E-state index contributed by atoms with van der Waals surface area (Å²) in [5, 5.41) is 10.8. The highest BCUT2D eigenvalue weighted by Gasteiger charge is 2.20. The van der Waals surface area contributed by atoms with E-state index in [1.165, 1.54) is 31.1 Å². The van der Waals surface area contributed by atoms with Crippen LogP contribution in [0.4, 0.5) is 5.69 Å². The third kappa shape index (κ3) is 4.69. The first-order valence-electron chi connectivity index (χ1n) is 9.28. The number of anilines is 1. The molecule has 7 nitrogen and oxygen atoms in total. The van der Waals surface area contributed by atoms with Gasteiger partial charge in [-0.05, 0) is 37.8 Å². The second-order valence-corrected chi connectivity index (χ2v) is 7.97. The first-order chi connectivity index (χ1) is 13.6. The highest BCUT2D eigenvalue weighted by atomic mass is 32.1. The molecule has 146 valence electrons. The van der Waals surface area contributed by atoms with E-state index in [0.29, 0.717) is 16.6 Å². The van der Waals surface area contributed by atoms with E-state index in [1.807, 2.05) is 31.2 Å². The molecule has 1 unspecified atom stereocenters. The van der Waals surface area contributed by atoms with Crippen molar-refractivity contribution in [2.45, 2.75) is 32.7 Å². The first kappa shape index (κ1) is 18.5. The Balaban J connectivity index is 1.41. The maximum atomic E-state index is 11.2. The van der Waals surface area contributed by atoms with E-state index < -0.39 is 0 Å². The molecule has 3 aromatic rings. The summed E-state index contributed by atoms with van der Waals surface area (Å²) in [5.41, 5.74) is 1.72. The Hall–Kier alpha value is -2.87. The number of hydrogen-bond donors (Lipinski definition) is 2. The maximum Gasteiger partial charge on any atom is 0.279 e. The van der Waals surface area contributed by atoms with Gasteiger partial charge in [-0.3, -0.25) is 4.79 Å². The average molecular weight is 398 g/mol. The van der Waals surface area contributed by atoms with Crippen LogP contribution >= 0.6 is 11.3 Å². The van der Waals surface area contributed by atoms with Crippen LogP contribution in [0.3, 0.4) is 0 Å². The highest BCUT2D eigenvalue weighted by Crippen LogP contribution is 2.34. The molecule has 0 aliphatic heterocycles. The molecule has 0 bridgehead atoms. The average Bonchev–Trinajstić information content (AvgIpc) is 3.15. The summed E-state index contributed by atoms with van der Waals surface area (Å²) in [5.74, 6) is 2.02. The maximum absolute atomic E-state index is 11.2. The van der Waals surface area contributed by atoms with Crippen LogP contribution in [0.5, 0.6) is 10.9 Å². The fourth-order valence-corrected chi connectivity index (χ4v) is 3.50. The molecule has 1 atom stereocenters. The summed E-state index contributed by atoms with van der Waals surface area (Å²) in [6.07, 6.45) is 4.34. The van der Waals surface area contributed by atoms with Crippen molar-refractivity contribution in [1.29, 1.82) is 0 Å². The van der Waals surface area contributed by atoms with Crippen LogP contribution < -0.4 is 15.4 Å². The summed E-state index contributed by atoms with van der Waals surface area (Å²) in [6, 6.07) is 9.45. The zero-order valence-electron chi connectivity index (χ0n) is 15.8. The molecule has 1 saturated carbocycles. The number of nitrogens with zero attached hydrogens (tertiary/aromatic N) is 2. The number of carbonyl (C=O) groups is 1. The van der Waals surface area contributed by atoms with Crippen LogP contribution in [0.15, 0.2) is 41.1 Å². The van der Waals surface area contributed by atoms with Gasteiger partial charge in [-0.2, -0.15) is 0 Å². The Morgan fingerprint density at radius 2 is 2.25 bits per heavy atom. The second kappa shape index (κ2) is 8.02. The number of thiazole rings is 1. The topological polar surface area (TPSA) is 89.3 Å². The van der Waals surface area contributed by atoms with Crippen LogP contribution in [0.1, 0.15) is 38.5 Å². The lowest BCUT2D eigenvalue weighted by molar-refractivity contribution is -0.119. The van der Waals surface area contributed by atoms with Gasteiger partial charge in [0.1, 0.15) is 11.4 Å². The lowest BCUT2D eigenvalue weighted by Gasteiger charge is -2.07. The Morgan fingerprint density at radius 1 is 1.39 bits per heavy atom. The number of amides is 1. The molecule has 1 amide bonds.